The number of ether oxygens (including phenoxy) is 2. The van der Waals surface area contributed by atoms with Crippen molar-refractivity contribution in [3.8, 4) is 5.75 Å². The molecule has 1 aliphatic rings. The van der Waals surface area contributed by atoms with Gasteiger partial charge in [0.2, 0.25) is 0 Å². The van der Waals surface area contributed by atoms with E-state index in [1.54, 1.807) is 14.2 Å². The van der Waals surface area contributed by atoms with E-state index in [-0.39, 0.29) is 11.6 Å². The Hall–Kier alpha value is -2.57. The first-order chi connectivity index (χ1) is 15.0. The van der Waals surface area contributed by atoms with Crippen LogP contribution >= 0.6 is 0 Å². The van der Waals surface area contributed by atoms with E-state index in [1.165, 1.54) is 11.1 Å². The zero-order valence-electron chi connectivity index (χ0n) is 19.2. The maximum absolute atomic E-state index is 5.66. The molecule has 0 saturated carbocycles. The van der Waals surface area contributed by atoms with Crippen molar-refractivity contribution in [1.29, 1.82) is 0 Å². The topological polar surface area (TPSA) is 66.9 Å². The second-order valence-corrected chi connectivity index (χ2v) is 8.26. The Kier molecular flexibility index (Phi) is 8.32. The van der Waals surface area contributed by atoms with E-state index in [0.29, 0.717) is 6.54 Å². The summed E-state index contributed by atoms with van der Waals surface area (Å²) in [7, 11) is 3.51. The third-order valence-corrected chi connectivity index (χ3v) is 5.98. The Morgan fingerprint density at radius 3 is 2.55 bits per heavy atom. The summed E-state index contributed by atoms with van der Waals surface area (Å²) >= 11 is 0. The van der Waals surface area contributed by atoms with Crippen LogP contribution in [-0.2, 0) is 11.3 Å². The van der Waals surface area contributed by atoms with Gasteiger partial charge in [0, 0.05) is 50.5 Å². The molecule has 1 fully saturated rings. The van der Waals surface area contributed by atoms with Crippen molar-refractivity contribution in [2.24, 2.45) is 4.99 Å². The summed E-state index contributed by atoms with van der Waals surface area (Å²) in [5.74, 6) is 1.67. The van der Waals surface area contributed by atoms with Crippen LogP contribution < -0.4 is 20.7 Å². The minimum atomic E-state index is -0.0489. The predicted molar refractivity (Wildman–Crippen MR) is 127 cm³/mol. The minimum absolute atomic E-state index is 0.0489. The van der Waals surface area contributed by atoms with Gasteiger partial charge in [0.05, 0.1) is 7.11 Å². The van der Waals surface area contributed by atoms with Gasteiger partial charge in [-0.1, -0.05) is 42.5 Å². The number of hydrogen-bond acceptors (Lipinski definition) is 4. The molecule has 0 bridgehead atoms. The van der Waals surface area contributed by atoms with Crippen molar-refractivity contribution in [2.75, 3.05) is 33.9 Å². The summed E-state index contributed by atoms with van der Waals surface area (Å²) in [5, 5.41) is 10.8. The molecule has 2 aromatic rings. The summed E-state index contributed by atoms with van der Waals surface area (Å²) in [6, 6.07) is 17.1. The van der Waals surface area contributed by atoms with Crippen LogP contribution in [0.15, 0.2) is 53.5 Å². The van der Waals surface area contributed by atoms with E-state index < -0.39 is 0 Å². The highest BCUT2D eigenvalue weighted by Crippen LogP contribution is 2.25. The summed E-state index contributed by atoms with van der Waals surface area (Å²) < 4.78 is 11.2. The fourth-order valence-corrected chi connectivity index (χ4v) is 4.07. The summed E-state index contributed by atoms with van der Waals surface area (Å²) in [4.78, 5) is 4.42. The van der Waals surface area contributed by atoms with E-state index in [0.717, 1.165) is 49.9 Å². The lowest BCUT2D eigenvalue weighted by Gasteiger charge is -2.41. The maximum Gasteiger partial charge on any atom is 0.191 e. The molecule has 6 heteroatoms. The Balaban J connectivity index is 1.62. The molecule has 0 aliphatic carbocycles. The number of guanidine groups is 1. The molecule has 6 nitrogen and oxygen atoms in total. The smallest absolute Gasteiger partial charge is 0.191 e. The van der Waals surface area contributed by atoms with Crippen molar-refractivity contribution >= 4 is 5.96 Å². The molecule has 0 spiro atoms. The Labute approximate surface area is 186 Å². The molecule has 0 amide bonds. The van der Waals surface area contributed by atoms with Crippen molar-refractivity contribution in [1.82, 2.24) is 16.0 Å². The van der Waals surface area contributed by atoms with Crippen LogP contribution in [0, 0.1) is 6.92 Å². The number of methoxy groups -OCH3 is 1. The molecular formula is C25H36N4O2. The summed E-state index contributed by atoms with van der Waals surface area (Å²) in [6.07, 6.45) is 1.92. The van der Waals surface area contributed by atoms with Crippen LogP contribution in [0.1, 0.15) is 42.5 Å². The summed E-state index contributed by atoms with van der Waals surface area (Å²) in [6.45, 7) is 7.25. The monoisotopic (exact) mass is 424 g/mol. The van der Waals surface area contributed by atoms with Crippen molar-refractivity contribution in [3.05, 3.63) is 65.2 Å². The average molecular weight is 425 g/mol. The van der Waals surface area contributed by atoms with Crippen molar-refractivity contribution in [2.45, 2.75) is 44.8 Å². The Bertz CT molecular complexity index is 848. The zero-order valence-corrected chi connectivity index (χ0v) is 19.2. The molecule has 1 aliphatic heterocycles. The lowest BCUT2D eigenvalue weighted by molar-refractivity contribution is 0.0355. The fourth-order valence-electron chi connectivity index (χ4n) is 4.07. The van der Waals surface area contributed by atoms with Gasteiger partial charge in [0.1, 0.15) is 5.75 Å². The molecule has 2 aromatic carbocycles. The van der Waals surface area contributed by atoms with Crippen LogP contribution in [0.2, 0.25) is 0 Å². The second-order valence-electron chi connectivity index (χ2n) is 8.26. The number of rotatable bonds is 8. The third kappa shape index (κ3) is 6.45. The first-order valence-electron chi connectivity index (χ1n) is 11.0. The molecule has 1 saturated heterocycles. The van der Waals surface area contributed by atoms with Crippen LogP contribution in [0.4, 0.5) is 0 Å². The Morgan fingerprint density at radius 1 is 1.13 bits per heavy atom. The lowest BCUT2D eigenvalue weighted by Crippen LogP contribution is -2.58. The SMILES string of the molecule is CN=C(NCc1ccc(C)cc1OC)NCC1(NC(C)c2ccccc2)CCOCC1. The predicted octanol–water partition coefficient (Wildman–Crippen LogP) is 3.57. The van der Waals surface area contributed by atoms with Crippen LogP contribution in [0.3, 0.4) is 0 Å². The molecule has 3 N–H and O–H groups in total. The average Bonchev–Trinajstić information content (AvgIpc) is 2.81. The van der Waals surface area contributed by atoms with Gasteiger partial charge in [-0.05, 0) is 43.9 Å². The van der Waals surface area contributed by atoms with Gasteiger partial charge in [-0.3, -0.25) is 4.99 Å². The molecule has 31 heavy (non-hydrogen) atoms. The molecule has 1 atom stereocenters. The largest absolute Gasteiger partial charge is 0.496 e. The first kappa shape index (κ1) is 23.1. The van der Waals surface area contributed by atoms with E-state index >= 15 is 0 Å². The molecule has 0 aromatic heterocycles. The Morgan fingerprint density at radius 2 is 1.87 bits per heavy atom. The lowest BCUT2D eigenvalue weighted by atomic mass is 9.88. The highest BCUT2D eigenvalue weighted by atomic mass is 16.5. The fraction of sp³-hybridized carbons (Fsp3) is 0.480. The van der Waals surface area contributed by atoms with Gasteiger partial charge in [0.25, 0.3) is 0 Å². The van der Waals surface area contributed by atoms with Gasteiger partial charge < -0.3 is 25.4 Å². The van der Waals surface area contributed by atoms with Crippen LogP contribution in [-0.4, -0.2) is 45.4 Å². The van der Waals surface area contributed by atoms with Crippen LogP contribution in [0.25, 0.3) is 0 Å². The van der Waals surface area contributed by atoms with E-state index in [1.807, 2.05) is 0 Å². The zero-order chi connectivity index (χ0) is 22.1. The summed E-state index contributed by atoms with van der Waals surface area (Å²) in [5.41, 5.74) is 3.53. The molecular weight excluding hydrogens is 388 g/mol. The van der Waals surface area contributed by atoms with Gasteiger partial charge in [-0.15, -0.1) is 0 Å². The van der Waals surface area contributed by atoms with E-state index in [9.17, 15) is 0 Å². The molecule has 3 rings (SSSR count). The first-order valence-corrected chi connectivity index (χ1v) is 11.0. The second kappa shape index (κ2) is 11.2. The van der Waals surface area contributed by atoms with Gasteiger partial charge in [-0.2, -0.15) is 0 Å². The number of aliphatic imine (C=N–C) groups is 1. The molecule has 168 valence electrons. The molecule has 0 radical (unpaired) electrons. The van der Waals surface area contributed by atoms with Crippen LogP contribution in [0.5, 0.6) is 5.75 Å². The van der Waals surface area contributed by atoms with Gasteiger partial charge >= 0.3 is 0 Å². The number of nitrogens with one attached hydrogen (secondary N) is 3. The number of benzene rings is 2. The highest BCUT2D eigenvalue weighted by Gasteiger charge is 2.34. The standard InChI is InChI=1S/C25H36N4O2/c1-19-10-11-22(23(16-19)30-4)17-27-24(26-3)28-18-25(12-14-31-15-13-25)29-20(2)21-8-6-5-7-9-21/h5-11,16,20,29H,12-15,17-18H2,1-4H3,(H2,26,27,28). The van der Waals surface area contributed by atoms with E-state index in [4.69, 9.17) is 9.47 Å². The van der Waals surface area contributed by atoms with Gasteiger partial charge in [-0.25, -0.2) is 0 Å². The van der Waals surface area contributed by atoms with Crippen molar-refractivity contribution < 1.29 is 9.47 Å². The number of nitrogens with zero attached hydrogens (tertiary/aromatic N) is 1. The molecule has 1 unspecified atom stereocenters. The maximum atomic E-state index is 5.66. The van der Waals surface area contributed by atoms with Crippen molar-refractivity contribution in [3.63, 3.8) is 0 Å². The van der Waals surface area contributed by atoms with Gasteiger partial charge in [0.15, 0.2) is 5.96 Å². The molecule has 1 heterocycles. The van der Waals surface area contributed by atoms with E-state index in [2.05, 4.69) is 83.3 Å². The quantitative estimate of drug-likeness (QED) is 0.447. The normalized spacial score (nSPS) is 17.1. The number of hydrogen-bond donors (Lipinski definition) is 3. The number of aryl methyl sites for hydroxylation is 1. The minimum Gasteiger partial charge on any atom is -0.496 e. The third-order valence-electron chi connectivity index (χ3n) is 5.98. The highest BCUT2D eigenvalue weighted by molar-refractivity contribution is 5.79.